The minimum atomic E-state index is 0.0554. The van der Waals surface area contributed by atoms with E-state index in [1.54, 1.807) is 0 Å². The quantitative estimate of drug-likeness (QED) is 0.893. The third-order valence-corrected chi connectivity index (χ3v) is 4.21. The summed E-state index contributed by atoms with van der Waals surface area (Å²) in [6, 6.07) is 7.96. The van der Waals surface area contributed by atoms with Gasteiger partial charge in [0, 0.05) is 10.4 Å². The van der Waals surface area contributed by atoms with Gasteiger partial charge >= 0.3 is 0 Å². The molecule has 3 nitrogen and oxygen atoms in total. The SMILES string of the molecule is Nc1nnc(C2(c3ccc(Cl)cc3)CC2)s1. The van der Waals surface area contributed by atoms with Crippen molar-refractivity contribution in [2.45, 2.75) is 18.3 Å². The topological polar surface area (TPSA) is 51.8 Å². The molecule has 0 aliphatic heterocycles. The monoisotopic (exact) mass is 251 g/mol. The molecule has 0 atom stereocenters. The van der Waals surface area contributed by atoms with Crippen molar-refractivity contribution in [3.8, 4) is 0 Å². The first kappa shape index (κ1) is 10.1. The number of aromatic nitrogens is 2. The van der Waals surface area contributed by atoms with Crippen molar-refractivity contribution in [3.63, 3.8) is 0 Å². The predicted molar refractivity (Wildman–Crippen MR) is 65.8 cm³/mol. The highest BCUT2D eigenvalue weighted by atomic mass is 35.5. The zero-order valence-corrected chi connectivity index (χ0v) is 10.1. The minimum Gasteiger partial charge on any atom is -0.374 e. The summed E-state index contributed by atoms with van der Waals surface area (Å²) in [7, 11) is 0. The first-order chi connectivity index (χ1) is 7.71. The summed E-state index contributed by atoms with van der Waals surface area (Å²) in [5, 5.41) is 10.4. The highest BCUT2D eigenvalue weighted by Crippen LogP contribution is 2.54. The highest BCUT2D eigenvalue weighted by molar-refractivity contribution is 7.15. The Morgan fingerprint density at radius 1 is 1.19 bits per heavy atom. The molecule has 3 rings (SSSR count). The summed E-state index contributed by atoms with van der Waals surface area (Å²) < 4.78 is 0. The van der Waals surface area contributed by atoms with Crippen molar-refractivity contribution in [2.75, 3.05) is 5.73 Å². The molecule has 16 heavy (non-hydrogen) atoms. The zero-order valence-electron chi connectivity index (χ0n) is 8.48. The van der Waals surface area contributed by atoms with Crippen LogP contribution in [0, 0.1) is 0 Å². The van der Waals surface area contributed by atoms with Crippen LogP contribution in [0.25, 0.3) is 0 Å². The van der Waals surface area contributed by atoms with E-state index in [1.165, 1.54) is 16.9 Å². The number of hydrogen-bond acceptors (Lipinski definition) is 4. The van der Waals surface area contributed by atoms with Crippen molar-refractivity contribution in [2.24, 2.45) is 0 Å². The molecule has 0 unspecified atom stereocenters. The lowest BCUT2D eigenvalue weighted by Gasteiger charge is -2.11. The second-order valence-electron chi connectivity index (χ2n) is 4.03. The molecule has 5 heteroatoms. The summed E-state index contributed by atoms with van der Waals surface area (Å²) in [4.78, 5) is 0. The van der Waals surface area contributed by atoms with Crippen molar-refractivity contribution >= 4 is 28.1 Å². The molecular weight excluding hydrogens is 242 g/mol. The Morgan fingerprint density at radius 2 is 1.88 bits per heavy atom. The highest BCUT2D eigenvalue weighted by Gasteiger charge is 2.48. The molecule has 0 amide bonds. The molecule has 2 aromatic rings. The first-order valence-corrected chi connectivity index (χ1v) is 6.26. The Hall–Kier alpha value is -1.13. The Bertz CT molecular complexity index is 516. The van der Waals surface area contributed by atoms with Gasteiger partial charge < -0.3 is 5.73 Å². The lowest BCUT2D eigenvalue weighted by Crippen LogP contribution is -2.07. The number of nitrogen functional groups attached to an aromatic ring is 1. The van der Waals surface area contributed by atoms with E-state index in [0.29, 0.717) is 5.13 Å². The Morgan fingerprint density at radius 3 is 2.38 bits per heavy atom. The fourth-order valence-electron chi connectivity index (χ4n) is 1.95. The molecule has 1 heterocycles. The van der Waals surface area contributed by atoms with Crippen LogP contribution in [0.4, 0.5) is 5.13 Å². The third-order valence-electron chi connectivity index (χ3n) is 3.00. The molecule has 1 aliphatic carbocycles. The predicted octanol–water partition coefficient (Wildman–Crippen LogP) is 2.85. The molecular formula is C11H10ClN3S. The summed E-state index contributed by atoms with van der Waals surface area (Å²) in [6.07, 6.45) is 2.23. The standard InChI is InChI=1S/C11H10ClN3S/c12-8-3-1-7(2-4-8)11(5-6-11)9-14-15-10(13)16-9/h1-4H,5-6H2,(H2,13,15). The van der Waals surface area contributed by atoms with Gasteiger partial charge in [-0.15, -0.1) is 10.2 Å². The number of anilines is 1. The molecule has 0 spiro atoms. The molecule has 2 N–H and O–H groups in total. The van der Waals surface area contributed by atoms with Crippen LogP contribution in [-0.4, -0.2) is 10.2 Å². The van der Waals surface area contributed by atoms with E-state index in [9.17, 15) is 0 Å². The van der Waals surface area contributed by atoms with Crippen LogP contribution in [-0.2, 0) is 5.41 Å². The van der Waals surface area contributed by atoms with Gasteiger partial charge in [0.1, 0.15) is 5.01 Å². The number of nitrogens with two attached hydrogens (primary N) is 1. The fraction of sp³-hybridized carbons (Fsp3) is 0.273. The Kier molecular flexibility index (Phi) is 2.16. The fourth-order valence-corrected chi connectivity index (χ4v) is 2.95. The first-order valence-electron chi connectivity index (χ1n) is 5.06. The van der Waals surface area contributed by atoms with Crippen LogP contribution in [0.15, 0.2) is 24.3 Å². The van der Waals surface area contributed by atoms with Gasteiger partial charge in [0.2, 0.25) is 5.13 Å². The van der Waals surface area contributed by atoms with Crippen LogP contribution in [0.3, 0.4) is 0 Å². The molecule has 82 valence electrons. The third kappa shape index (κ3) is 1.49. The molecule has 1 saturated carbocycles. The van der Waals surface area contributed by atoms with Crippen molar-refractivity contribution < 1.29 is 0 Å². The summed E-state index contributed by atoms with van der Waals surface area (Å²) in [6.45, 7) is 0. The van der Waals surface area contributed by atoms with Crippen LogP contribution < -0.4 is 5.73 Å². The minimum absolute atomic E-state index is 0.0554. The summed E-state index contributed by atoms with van der Waals surface area (Å²) >= 11 is 7.37. The molecule has 0 saturated heterocycles. The van der Waals surface area contributed by atoms with Crippen LogP contribution in [0.1, 0.15) is 23.4 Å². The Labute approximate surface area is 102 Å². The van der Waals surface area contributed by atoms with E-state index < -0.39 is 0 Å². The van der Waals surface area contributed by atoms with Gasteiger partial charge in [0.15, 0.2) is 0 Å². The van der Waals surface area contributed by atoms with Crippen molar-refractivity contribution in [1.29, 1.82) is 0 Å². The van der Waals surface area contributed by atoms with Crippen LogP contribution >= 0.6 is 22.9 Å². The van der Waals surface area contributed by atoms with E-state index in [4.69, 9.17) is 17.3 Å². The van der Waals surface area contributed by atoms with E-state index in [2.05, 4.69) is 22.3 Å². The van der Waals surface area contributed by atoms with E-state index in [0.717, 1.165) is 22.9 Å². The smallest absolute Gasteiger partial charge is 0.203 e. The van der Waals surface area contributed by atoms with E-state index >= 15 is 0 Å². The molecule has 1 aromatic carbocycles. The lowest BCUT2D eigenvalue weighted by molar-refractivity contribution is 0.808. The largest absolute Gasteiger partial charge is 0.374 e. The average molecular weight is 252 g/mol. The lowest BCUT2D eigenvalue weighted by atomic mass is 9.97. The number of nitrogens with zero attached hydrogens (tertiary/aromatic N) is 2. The molecule has 0 bridgehead atoms. The van der Waals surface area contributed by atoms with E-state index in [-0.39, 0.29) is 5.41 Å². The average Bonchev–Trinajstić information content (AvgIpc) is 2.97. The van der Waals surface area contributed by atoms with E-state index in [1.807, 2.05) is 12.1 Å². The van der Waals surface area contributed by atoms with Gasteiger partial charge in [0.25, 0.3) is 0 Å². The Balaban J connectivity index is 2.03. The maximum absolute atomic E-state index is 5.89. The number of rotatable bonds is 2. The zero-order chi connectivity index (χ0) is 11.2. The van der Waals surface area contributed by atoms with Gasteiger partial charge in [0.05, 0.1) is 0 Å². The second kappa shape index (κ2) is 3.43. The summed E-state index contributed by atoms with van der Waals surface area (Å²) in [5.74, 6) is 0. The molecule has 1 aromatic heterocycles. The van der Waals surface area contributed by atoms with Crippen LogP contribution in [0.2, 0.25) is 5.02 Å². The maximum atomic E-state index is 5.89. The molecule has 1 aliphatic rings. The molecule has 1 fully saturated rings. The van der Waals surface area contributed by atoms with Gasteiger partial charge in [-0.3, -0.25) is 0 Å². The normalized spacial score (nSPS) is 17.3. The van der Waals surface area contributed by atoms with Crippen molar-refractivity contribution in [3.05, 3.63) is 39.9 Å². The van der Waals surface area contributed by atoms with Gasteiger partial charge in [-0.1, -0.05) is 35.1 Å². The second-order valence-corrected chi connectivity index (χ2v) is 5.48. The van der Waals surface area contributed by atoms with Gasteiger partial charge in [-0.25, -0.2) is 0 Å². The number of halogens is 1. The molecule has 0 radical (unpaired) electrons. The van der Waals surface area contributed by atoms with Crippen molar-refractivity contribution in [1.82, 2.24) is 10.2 Å². The maximum Gasteiger partial charge on any atom is 0.203 e. The number of hydrogen-bond donors (Lipinski definition) is 1. The summed E-state index contributed by atoms with van der Waals surface area (Å²) in [5.41, 5.74) is 6.94. The van der Waals surface area contributed by atoms with Crippen LogP contribution in [0.5, 0.6) is 0 Å². The van der Waals surface area contributed by atoms with Gasteiger partial charge in [-0.05, 0) is 30.5 Å². The van der Waals surface area contributed by atoms with Gasteiger partial charge in [-0.2, -0.15) is 0 Å². The number of benzene rings is 1.